The Kier molecular flexibility index (Phi) is 3.50. The van der Waals surface area contributed by atoms with E-state index in [9.17, 15) is 22.4 Å². The van der Waals surface area contributed by atoms with Gasteiger partial charge >= 0.3 is 5.97 Å². The van der Waals surface area contributed by atoms with Crippen LogP contribution < -0.4 is 4.74 Å². The molecule has 0 aliphatic rings. The van der Waals surface area contributed by atoms with E-state index in [4.69, 9.17) is 0 Å². The van der Waals surface area contributed by atoms with Crippen LogP contribution in [0.25, 0.3) is 0 Å². The fourth-order valence-electron chi connectivity index (χ4n) is 1.38. The third kappa shape index (κ3) is 2.73. The van der Waals surface area contributed by atoms with Crippen molar-refractivity contribution in [3.05, 3.63) is 65.2 Å². The molecule has 19 heavy (non-hydrogen) atoms. The summed E-state index contributed by atoms with van der Waals surface area (Å²) in [6.07, 6.45) is 0. The highest BCUT2D eigenvalue weighted by Crippen LogP contribution is 2.20. The largest absolute Gasteiger partial charge is 0.423 e. The number of carbonyl (C=O) groups excluding carboxylic acids is 1. The number of ether oxygens (including phenoxy) is 1. The van der Waals surface area contributed by atoms with Crippen molar-refractivity contribution in [2.75, 3.05) is 0 Å². The van der Waals surface area contributed by atoms with Crippen LogP contribution in [-0.2, 0) is 0 Å². The molecule has 6 heteroatoms. The number of hydrogen-bond donors (Lipinski definition) is 0. The molecule has 98 valence electrons. The monoisotopic (exact) mass is 270 g/mol. The number of carbonyl (C=O) groups is 1. The van der Waals surface area contributed by atoms with Gasteiger partial charge in [0, 0.05) is 12.1 Å². The van der Waals surface area contributed by atoms with Gasteiger partial charge in [-0.25, -0.2) is 22.4 Å². The van der Waals surface area contributed by atoms with Crippen molar-refractivity contribution in [2.45, 2.75) is 0 Å². The van der Waals surface area contributed by atoms with Crippen LogP contribution in [0.4, 0.5) is 17.6 Å². The van der Waals surface area contributed by atoms with Gasteiger partial charge in [-0.15, -0.1) is 0 Å². The van der Waals surface area contributed by atoms with Crippen LogP contribution in [0.1, 0.15) is 10.4 Å². The first-order valence-electron chi connectivity index (χ1n) is 5.10. The van der Waals surface area contributed by atoms with Crippen LogP contribution in [0.3, 0.4) is 0 Å². The lowest BCUT2D eigenvalue weighted by atomic mass is 10.2. The molecule has 0 atom stereocenters. The van der Waals surface area contributed by atoms with Gasteiger partial charge in [0.2, 0.25) is 0 Å². The minimum absolute atomic E-state index is 0.396. The van der Waals surface area contributed by atoms with Crippen LogP contribution in [-0.4, -0.2) is 5.97 Å². The molecule has 0 saturated carbocycles. The Bertz CT molecular complexity index is 617. The van der Waals surface area contributed by atoms with E-state index >= 15 is 0 Å². The maximum Gasteiger partial charge on any atom is 0.346 e. The fourth-order valence-corrected chi connectivity index (χ4v) is 1.38. The lowest BCUT2D eigenvalue weighted by Crippen LogP contribution is -2.11. The van der Waals surface area contributed by atoms with Gasteiger partial charge in [-0.3, -0.25) is 0 Å². The smallest absolute Gasteiger partial charge is 0.346 e. The van der Waals surface area contributed by atoms with Crippen molar-refractivity contribution in [3.8, 4) is 5.75 Å². The Morgan fingerprint density at radius 2 is 1.47 bits per heavy atom. The summed E-state index contributed by atoms with van der Waals surface area (Å²) in [6.45, 7) is 0. The molecular formula is C13H6F4O2. The second-order valence-electron chi connectivity index (χ2n) is 3.57. The average Bonchev–Trinajstić information content (AvgIpc) is 2.36. The van der Waals surface area contributed by atoms with Gasteiger partial charge in [0.05, 0.1) is 5.56 Å². The normalized spacial score (nSPS) is 10.3. The molecular weight excluding hydrogens is 264 g/mol. The lowest BCUT2D eigenvalue weighted by molar-refractivity contribution is 0.0728. The highest BCUT2D eigenvalue weighted by molar-refractivity contribution is 5.91. The molecule has 0 fully saturated rings. The number of benzene rings is 2. The zero-order chi connectivity index (χ0) is 14.0. The van der Waals surface area contributed by atoms with Crippen LogP contribution >= 0.6 is 0 Å². The van der Waals surface area contributed by atoms with Crippen molar-refractivity contribution in [1.82, 2.24) is 0 Å². The third-order valence-corrected chi connectivity index (χ3v) is 2.26. The summed E-state index contributed by atoms with van der Waals surface area (Å²) in [5.74, 6) is -7.21. The van der Waals surface area contributed by atoms with Crippen LogP contribution in [0.5, 0.6) is 5.75 Å². The minimum atomic E-state index is -1.68. The summed E-state index contributed by atoms with van der Waals surface area (Å²) >= 11 is 0. The van der Waals surface area contributed by atoms with Gasteiger partial charge in [0.25, 0.3) is 0 Å². The van der Waals surface area contributed by atoms with E-state index in [1.54, 1.807) is 0 Å². The molecule has 0 N–H and O–H groups in total. The Hall–Kier alpha value is -2.37. The molecule has 0 bridgehead atoms. The summed E-state index contributed by atoms with van der Waals surface area (Å²) < 4.78 is 56.3. The highest BCUT2D eigenvalue weighted by Gasteiger charge is 2.16. The second kappa shape index (κ2) is 5.09. The molecule has 2 aromatic carbocycles. The Balaban J connectivity index is 2.27. The van der Waals surface area contributed by atoms with E-state index in [1.165, 1.54) is 12.1 Å². The Morgan fingerprint density at radius 3 is 2.05 bits per heavy atom. The summed E-state index contributed by atoms with van der Waals surface area (Å²) in [6, 6.07) is 5.93. The number of rotatable bonds is 2. The zero-order valence-corrected chi connectivity index (χ0v) is 9.29. The van der Waals surface area contributed by atoms with Gasteiger partial charge in [0.15, 0.2) is 17.5 Å². The Morgan fingerprint density at radius 1 is 0.895 bits per heavy atom. The van der Waals surface area contributed by atoms with Crippen molar-refractivity contribution in [1.29, 1.82) is 0 Å². The first kappa shape index (κ1) is 13.1. The lowest BCUT2D eigenvalue weighted by Gasteiger charge is -2.06. The van der Waals surface area contributed by atoms with Crippen LogP contribution in [0, 0.1) is 23.3 Å². The van der Waals surface area contributed by atoms with E-state index < -0.39 is 40.6 Å². The van der Waals surface area contributed by atoms with Crippen molar-refractivity contribution in [2.24, 2.45) is 0 Å². The molecule has 0 spiro atoms. The predicted octanol–water partition coefficient (Wildman–Crippen LogP) is 3.46. The van der Waals surface area contributed by atoms with E-state index in [2.05, 4.69) is 4.74 Å². The number of halogens is 4. The first-order chi connectivity index (χ1) is 8.99. The predicted molar refractivity (Wildman–Crippen MR) is 57.7 cm³/mol. The van der Waals surface area contributed by atoms with Gasteiger partial charge < -0.3 is 4.74 Å². The van der Waals surface area contributed by atoms with Gasteiger partial charge in [0.1, 0.15) is 11.6 Å². The molecule has 0 aliphatic heterocycles. The maximum absolute atomic E-state index is 13.3. The molecule has 2 rings (SSSR count). The van der Waals surface area contributed by atoms with E-state index in [-0.39, 0.29) is 0 Å². The maximum atomic E-state index is 13.3. The molecule has 0 aromatic heterocycles. The molecule has 0 saturated heterocycles. The van der Waals surface area contributed by atoms with Gasteiger partial charge in [-0.2, -0.15) is 0 Å². The number of esters is 1. The third-order valence-electron chi connectivity index (χ3n) is 2.26. The first-order valence-corrected chi connectivity index (χ1v) is 5.10. The van der Waals surface area contributed by atoms with Crippen LogP contribution in [0.2, 0.25) is 0 Å². The standard InChI is InChI=1S/C13H6F4O2/c14-9-4-2-1-3-8(9)13(18)19-7-5-10(15)12(17)11(16)6-7/h1-6H. The zero-order valence-electron chi connectivity index (χ0n) is 9.29. The molecule has 2 nitrogen and oxygen atoms in total. The summed E-state index contributed by atoms with van der Waals surface area (Å²) in [5, 5.41) is 0. The van der Waals surface area contributed by atoms with Crippen molar-refractivity contribution >= 4 is 5.97 Å². The minimum Gasteiger partial charge on any atom is -0.423 e. The molecule has 0 radical (unpaired) electrons. The average molecular weight is 270 g/mol. The van der Waals surface area contributed by atoms with E-state index in [1.807, 2.05) is 0 Å². The molecule has 2 aromatic rings. The quantitative estimate of drug-likeness (QED) is 0.361. The van der Waals surface area contributed by atoms with Gasteiger partial charge in [-0.05, 0) is 12.1 Å². The molecule has 0 unspecified atom stereocenters. The summed E-state index contributed by atoms with van der Waals surface area (Å²) in [5.41, 5.74) is -0.396. The number of hydrogen-bond acceptors (Lipinski definition) is 2. The Labute approximate surface area is 105 Å². The summed E-state index contributed by atoms with van der Waals surface area (Å²) in [4.78, 5) is 11.5. The van der Waals surface area contributed by atoms with Crippen molar-refractivity contribution < 1.29 is 27.1 Å². The SMILES string of the molecule is O=C(Oc1cc(F)c(F)c(F)c1)c1ccccc1F. The molecule has 0 amide bonds. The molecule has 0 aliphatic carbocycles. The highest BCUT2D eigenvalue weighted by atomic mass is 19.2. The fraction of sp³-hybridized carbons (Fsp3) is 0. The van der Waals surface area contributed by atoms with E-state index in [0.29, 0.717) is 12.1 Å². The van der Waals surface area contributed by atoms with Crippen LogP contribution in [0.15, 0.2) is 36.4 Å². The molecule has 0 heterocycles. The topological polar surface area (TPSA) is 26.3 Å². The van der Waals surface area contributed by atoms with Crippen molar-refractivity contribution in [3.63, 3.8) is 0 Å². The van der Waals surface area contributed by atoms with Gasteiger partial charge in [-0.1, -0.05) is 12.1 Å². The summed E-state index contributed by atoms with van der Waals surface area (Å²) in [7, 11) is 0. The second-order valence-corrected chi connectivity index (χ2v) is 3.57. The van der Waals surface area contributed by atoms with E-state index in [0.717, 1.165) is 12.1 Å².